The van der Waals surface area contributed by atoms with Crippen LogP contribution < -0.4 is 107 Å². The Hall–Kier alpha value is -10.9. The minimum absolute atomic E-state index is 0.00111. The first kappa shape index (κ1) is 68.6. The summed E-state index contributed by atoms with van der Waals surface area (Å²) in [6, 6.07) is 13.7. The van der Waals surface area contributed by atoms with E-state index in [1.807, 2.05) is 0 Å². The lowest BCUT2D eigenvalue weighted by molar-refractivity contribution is -0.118. The fraction of sp³-hybridized carbons (Fsp3) is 0.345. The average molecular weight is 1210 g/mol. The Balaban J connectivity index is 1.56. The molecule has 0 radical (unpaired) electrons. The van der Waals surface area contributed by atoms with Crippen molar-refractivity contribution in [2.45, 2.75) is 75.5 Å². The van der Waals surface area contributed by atoms with Crippen molar-refractivity contribution in [3.63, 3.8) is 0 Å². The van der Waals surface area contributed by atoms with Crippen LogP contribution in [0.4, 0.5) is 22.7 Å². The summed E-state index contributed by atoms with van der Waals surface area (Å²) in [6.45, 7) is 0.799. The number of carbonyl (C=O) groups excluding carboxylic acids is 8. The van der Waals surface area contributed by atoms with Crippen LogP contribution in [0.25, 0.3) is 0 Å². The molecular weight excluding hydrogens is 1130 g/mol. The van der Waals surface area contributed by atoms with Gasteiger partial charge in [0.1, 0.15) is 35.4 Å². The number of nitrogens with one attached hydrogen (secondary N) is 15. The third-order valence-electron chi connectivity index (χ3n) is 12.7. The number of carbonyl (C=O) groups is 8. The van der Waals surface area contributed by atoms with E-state index in [0.717, 1.165) is 0 Å². The van der Waals surface area contributed by atoms with Gasteiger partial charge in [0.25, 0.3) is 23.6 Å². The van der Waals surface area contributed by atoms with Crippen LogP contribution >= 0.6 is 0 Å². The maximum Gasteiger partial charge on any atom is 0.255 e. The van der Waals surface area contributed by atoms with Gasteiger partial charge >= 0.3 is 0 Å². The monoisotopic (exact) mass is 1210 g/mol. The molecule has 0 saturated heterocycles. The molecule has 8 amide bonds. The van der Waals surface area contributed by atoms with E-state index in [1.54, 1.807) is 0 Å². The Morgan fingerprint density at radius 3 is 1.09 bits per heavy atom. The molecule has 32 nitrogen and oxygen atoms in total. The van der Waals surface area contributed by atoms with Crippen LogP contribution in [-0.4, -0.2) is 143 Å². The smallest absolute Gasteiger partial charge is 0.255 e. The van der Waals surface area contributed by atoms with Crippen molar-refractivity contribution < 1.29 is 52.6 Å². The number of rotatable bonds is 34. The first-order valence-electron chi connectivity index (χ1n) is 27.1. The van der Waals surface area contributed by atoms with E-state index < -0.39 is 71.4 Å². The Kier molecular flexibility index (Phi) is 27.3. The summed E-state index contributed by atoms with van der Waals surface area (Å²) in [5.74, 6) is -6.68. The third-order valence-corrected chi connectivity index (χ3v) is 12.7. The quantitative estimate of drug-likeness (QED) is 0.0157. The number of anilines is 4. The van der Waals surface area contributed by atoms with Gasteiger partial charge in [0.2, 0.25) is 23.6 Å². The van der Waals surface area contributed by atoms with Crippen molar-refractivity contribution >= 4 is 93.8 Å². The molecule has 32 heteroatoms. The molecular formula is C55H77N21O11. The van der Waals surface area contributed by atoms with Crippen molar-refractivity contribution in [3.05, 3.63) is 101 Å². The molecule has 4 atom stereocenters. The molecule has 0 heterocycles. The highest BCUT2D eigenvalue weighted by Crippen LogP contribution is 2.27. The lowest BCUT2D eigenvalue weighted by Gasteiger charge is -2.21. The molecule has 4 aromatic rings. The molecule has 0 spiro atoms. The second-order valence-electron chi connectivity index (χ2n) is 19.3. The molecule has 468 valence electrons. The van der Waals surface area contributed by atoms with Crippen LogP contribution in [0.3, 0.4) is 0 Å². The average Bonchev–Trinajstić information content (AvgIpc) is 1.78. The number of benzene rings is 4. The zero-order chi connectivity index (χ0) is 64.2. The number of ether oxygens (including phenoxy) is 3. The van der Waals surface area contributed by atoms with Crippen molar-refractivity contribution in [2.75, 3.05) is 68.8 Å². The maximum absolute atomic E-state index is 14.3. The maximum atomic E-state index is 14.3. The van der Waals surface area contributed by atoms with E-state index in [1.165, 1.54) is 100 Å². The van der Waals surface area contributed by atoms with Gasteiger partial charge < -0.3 is 107 Å². The first-order chi connectivity index (χ1) is 41.4. The molecule has 0 unspecified atom stereocenters. The topological polar surface area (TPSA) is 548 Å². The number of methoxy groups -OCH3 is 3. The summed E-state index contributed by atoms with van der Waals surface area (Å²) in [7, 11) is 3.97. The number of guanidine groups is 4. The van der Waals surface area contributed by atoms with Gasteiger partial charge in [-0.05, 0) is 124 Å². The summed E-state index contributed by atoms with van der Waals surface area (Å²) >= 11 is 0. The van der Waals surface area contributed by atoms with Gasteiger partial charge in [0, 0.05) is 54.5 Å². The molecule has 4 aromatic carbocycles. The SMILES string of the molecule is COc1ccc(NC(=O)[C@@H](CCCNC(=N)N)NC(=O)c2cccc(NC(=O)[C@@H](CCCNC(=N)N)NC(=O)c3cc(NC(=O)[C@@H](CCCNC(=N)N)NC(=O)c4cc(NC(=O)[C@H](N)CCCNC(=N)N)ccc4OC)ccc3OC)c2)cc1C(N)=O. The molecule has 27 N–H and O–H groups in total. The molecule has 0 fully saturated rings. The van der Waals surface area contributed by atoms with Crippen LogP contribution in [0.5, 0.6) is 17.2 Å². The van der Waals surface area contributed by atoms with Crippen LogP contribution in [0.2, 0.25) is 0 Å². The number of amides is 8. The highest BCUT2D eigenvalue weighted by atomic mass is 16.5. The van der Waals surface area contributed by atoms with Gasteiger partial charge in [-0.3, -0.25) is 60.0 Å². The highest BCUT2D eigenvalue weighted by molar-refractivity contribution is 6.07. The van der Waals surface area contributed by atoms with Crippen LogP contribution in [-0.2, 0) is 19.2 Å². The summed E-state index contributed by atoms with van der Waals surface area (Å²) in [5.41, 5.74) is 33.7. The van der Waals surface area contributed by atoms with Crippen LogP contribution in [0, 0.1) is 21.6 Å². The minimum atomic E-state index is -1.29. The molecule has 0 aliphatic heterocycles. The lowest BCUT2D eigenvalue weighted by atomic mass is 10.1. The number of hydrogen-bond acceptors (Lipinski definition) is 16. The Morgan fingerprint density at radius 2 is 0.736 bits per heavy atom. The zero-order valence-corrected chi connectivity index (χ0v) is 48.3. The van der Waals surface area contributed by atoms with Gasteiger partial charge in [0.15, 0.2) is 23.8 Å². The minimum Gasteiger partial charge on any atom is -0.496 e. The van der Waals surface area contributed by atoms with Crippen molar-refractivity contribution in [3.8, 4) is 17.2 Å². The third kappa shape index (κ3) is 23.0. The summed E-state index contributed by atoms with van der Waals surface area (Å²) in [4.78, 5) is 109. The first-order valence-corrected chi connectivity index (χ1v) is 27.1. The Labute approximate surface area is 500 Å². The predicted octanol–water partition coefficient (Wildman–Crippen LogP) is -0.659. The molecule has 0 saturated carbocycles. The Morgan fingerprint density at radius 1 is 0.414 bits per heavy atom. The molecule has 0 aliphatic carbocycles. The Bertz CT molecular complexity index is 3160. The van der Waals surface area contributed by atoms with E-state index in [0.29, 0.717) is 13.0 Å². The normalized spacial score (nSPS) is 11.9. The molecule has 4 rings (SSSR count). The number of hydrogen-bond donors (Lipinski definition) is 21. The highest BCUT2D eigenvalue weighted by Gasteiger charge is 2.28. The van der Waals surface area contributed by atoms with Gasteiger partial charge in [-0.15, -0.1) is 0 Å². The molecule has 0 aliphatic rings. The number of nitrogens with two attached hydrogens (primary N) is 6. The van der Waals surface area contributed by atoms with E-state index in [9.17, 15) is 38.4 Å². The summed E-state index contributed by atoms with van der Waals surface area (Å²) < 4.78 is 16.1. The predicted molar refractivity (Wildman–Crippen MR) is 327 cm³/mol. The van der Waals surface area contributed by atoms with Gasteiger partial charge in [0.05, 0.1) is 44.1 Å². The summed E-state index contributed by atoms with van der Waals surface area (Å²) in [5, 5.41) is 59.3. The van der Waals surface area contributed by atoms with Gasteiger partial charge in [-0.2, -0.15) is 0 Å². The van der Waals surface area contributed by atoms with E-state index in [4.69, 9.17) is 70.2 Å². The van der Waals surface area contributed by atoms with E-state index in [-0.39, 0.29) is 151 Å². The largest absolute Gasteiger partial charge is 0.496 e. The van der Waals surface area contributed by atoms with E-state index >= 15 is 0 Å². The van der Waals surface area contributed by atoms with E-state index in [2.05, 4.69) is 58.5 Å². The molecule has 0 aromatic heterocycles. The zero-order valence-electron chi connectivity index (χ0n) is 48.3. The van der Waals surface area contributed by atoms with Crippen molar-refractivity contribution in [1.29, 1.82) is 21.6 Å². The summed E-state index contributed by atoms with van der Waals surface area (Å²) in [6.07, 6.45) is 1.43. The second kappa shape index (κ2) is 34.6. The van der Waals surface area contributed by atoms with Crippen LogP contribution in [0.15, 0.2) is 78.9 Å². The lowest BCUT2D eigenvalue weighted by Crippen LogP contribution is -2.45. The fourth-order valence-electron chi connectivity index (χ4n) is 8.35. The van der Waals surface area contributed by atoms with Crippen LogP contribution in [0.1, 0.15) is 92.8 Å². The number of primary amides is 1. The standard InChI is InChI=1S/C55H77N21O11/c1-85-41-18-15-31(26-34(41)44(57)77)72-49(82)38(12-6-22-67-53(60)61)74-45(78)29-9-4-10-30(25-29)71-50(83)39(13-7-23-68-54(62)63)75-47(80)36-28-33(17-20-43(36)87-3)73-51(84)40(14-8-24-69-55(64)65)76-46(79)35-27-32(16-19-42(35)86-2)70-48(81)37(56)11-5-21-66-52(58)59/h4,9-10,15-20,25-28,37-40H,5-8,11-14,21-24,56H2,1-3H3,(H2,57,77)(H,70,81)(H,71,83)(H,72,82)(H,73,84)(H,74,78)(H,75,80)(H,76,79)(H4,58,59,66)(H4,60,61,67)(H4,62,63,68)(H4,64,65,69)/t37-,38-,39-,40-/m1/s1. The van der Waals surface area contributed by atoms with Crippen molar-refractivity contribution in [1.82, 2.24) is 37.2 Å². The molecule has 87 heavy (non-hydrogen) atoms. The van der Waals surface area contributed by atoms with Gasteiger partial charge in [-0.25, -0.2) is 0 Å². The second-order valence-corrected chi connectivity index (χ2v) is 19.3. The fourth-order valence-corrected chi connectivity index (χ4v) is 8.35. The van der Waals surface area contributed by atoms with Crippen molar-refractivity contribution in [2.24, 2.45) is 34.4 Å². The van der Waals surface area contributed by atoms with Gasteiger partial charge in [-0.1, -0.05) is 6.07 Å². The molecule has 0 bridgehead atoms.